The molecule has 0 atom stereocenters. The van der Waals surface area contributed by atoms with E-state index in [0.717, 1.165) is 0 Å². The molecule has 19 heavy (non-hydrogen) atoms. The summed E-state index contributed by atoms with van der Waals surface area (Å²) in [5.41, 5.74) is 0.923. The van der Waals surface area contributed by atoms with Gasteiger partial charge < -0.3 is 9.94 Å². The van der Waals surface area contributed by atoms with Gasteiger partial charge in [0, 0.05) is 17.2 Å². The monoisotopic (exact) mass is 378 g/mol. The smallest absolute Gasteiger partial charge is 0.387 e. The molecule has 6 nitrogen and oxygen atoms in total. The summed E-state index contributed by atoms with van der Waals surface area (Å²) in [4.78, 5) is 0.431. The third-order valence-corrected chi connectivity index (χ3v) is 3.25. The van der Waals surface area contributed by atoms with Crippen LogP contribution in [0.15, 0.2) is 24.4 Å². The average molecular weight is 378 g/mol. The number of alkyl halides is 2. The fourth-order valence-electron chi connectivity index (χ4n) is 1.74. The maximum absolute atomic E-state index is 12.2. The minimum Gasteiger partial charge on any atom is -0.594 e. The van der Waals surface area contributed by atoms with Gasteiger partial charge in [-0.25, -0.2) is 4.52 Å². The standard InChI is InChI=1S/C10H5F2IN4O2/c11-10(12)19-5-1-2-7-8(3-5)16-9(15-17(7)18)6(13)4-14-16/h1-4,10H. The minimum atomic E-state index is -2.92. The first-order valence-electron chi connectivity index (χ1n) is 5.08. The van der Waals surface area contributed by atoms with Gasteiger partial charge in [-0.2, -0.15) is 13.9 Å². The summed E-state index contributed by atoms with van der Waals surface area (Å²) in [5.74, 6) is -0.0412. The lowest BCUT2D eigenvalue weighted by atomic mass is 10.3. The molecule has 0 radical (unpaired) electrons. The van der Waals surface area contributed by atoms with Crippen molar-refractivity contribution < 1.29 is 18.4 Å². The van der Waals surface area contributed by atoms with Gasteiger partial charge in [-0.3, -0.25) is 0 Å². The quantitative estimate of drug-likeness (QED) is 0.387. The number of aromatic nitrogens is 4. The van der Waals surface area contributed by atoms with E-state index in [9.17, 15) is 14.0 Å². The van der Waals surface area contributed by atoms with Crippen LogP contribution < -0.4 is 9.58 Å². The highest BCUT2D eigenvalue weighted by Crippen LogP contribution is 2.21. The van der Waals surface area contributed by atoms with E-state index in [1.54, 1.807) is 0 Å². The zero-order valence-corrected chi connectivity index (χ0v) is 11.3. The first-order chi connectivity index (χ1) is 9.06. The third kappa shape index (κ3) is 2.03. The van der Waals surface area contributed by atoms with E-state index in [1.807, 2.05) is 22.6 Å². The molecule has 3 rings (SSSR count). The molecule has 0 aliphatic heterocycles. The van der Waals surface area contributed by atoms with Crippen LogP contribution in [0.5, 0.6) is 5.75 Å². The number of nitrogens with zero attached hydrogens (tertiary/aromatic N) is 4. The van der Waals surface area contributed by atoms with Crippen molar-refractivity contribution in [3.63, 3.8) is 0 Å². The second kappa shape index (κ2) is 4.40. The van der Waals surface area contributed by atoms with Gasteiger partial charge in [-0.1, -0.05) is 0 Å². The number of halogens is 3. The largest absolute Gasteiger partial charge is 0.594 e. The third-order valence-electron chi connectivity index (χ3n) is 2.49. The molecule has 0 unspecified atom stereocenters. The molecule has 0 saturated heterocycles. The van der Waals surface area contributed by atoms with Crippen LogP contribution >= 0.6 is 22.6 Å². The molecule has 0 N–H and O–H groups in total. The van der Waals surface area contributed by atoms with Gasteiger partial charge in [-0.05, 0) is 33.5 Å². The molecular formula is C10H5F2IN4O2. The lowest BCUT2D eigenvalue weighted by Crippen LogP contribution is -2.33. The van der Waals surface area contributed by atoms with E-state index in [0.29, 0.717) is 19.6 Å². The molecular weight excluding hydrogens is 373 g/mol. The number of fused-ring (bicyclic) bond motifs is 3. The van der Waals surface area contributed by atoms with Crippen molar-refractivity contribution in [3.8, 4) is 5.75 Å². The van der Waals surface area contributed by atoms with Gasteiger partial charge in [0.1, 0.15) is 11.3 Å². The zero-order chi connectivity index (χ0) is 13.6. The summed E-state index contributed by atoms with van der Waals surface area (Å²) < 4.78 is 30.8. The Labute approximate surface area is 118 Å². The topological polar surface area (TPSA) is 66.4 Å². The first kappa shape index (κ1) is 12.3. The second-order valence-electron chi connectivity index (χ2n) is 3.63. The second-order valence-corrected chi connectivity index (χ2v) is 4.79. The average Bonchev–Trinajstić information content (AvgIpc) is 2.71. The Bertz CT molecular complexity index is 777. The lowest BCUT2D eigenvalue weighted by Gasteiger charge is -2.06. The summed E-state index contributed by atoms with van der Waals surface area (Å²) >= 11 is 1.98. The number of ether oxygens (including phenoxy) is 1. The molecule has 9 heteroatoms. The maximum atomic E-state index is 12.2. The van der Waals surface area contributed by atoms with Crippen LogP contribution in [-0.2, 0) is 0 Å². The summed E-state index contributed by atoms with van der Waals surface area (Å²) in [6.07, 6.45) is 1.53. The summed E-state index contributed by atoms with van der Waals surface area (Å²) in [6, 6.07) is 3.97. The predicted molar refractivity (Wildman–Crippen MR) is 68.8 cm³/mol. The molecule has 1 aromatic carbocycles. The van der Waals surface area contributed by atoms with Crippen molar-refractivity contribution in [2.24, 2.45) is 0 Å². The van der Waals surface area contributed by atoms with Crippen molar-refractivity contribution >= 4 is 39.3 Å². The number of hydrogen-bond acceptors (Lipinski definition) is 4. The Balaban J connectivity index is 2.32. The van der Waals surface area contributed by atoms with E-state index in [2.05, 4.69) is 14.9 Å². The van der Waals surface area contributed by atoms with Gasteiger partial charge in [0.15, 0.2) is 0 Å². The molecule has 2 aromatic heterocycles. The highest BCUT2D eigenvalue weighted by molar-refractivity contribution is 14.1. The van der Waals surface area contributed by atoms with E-state index in [4.69, 9.17) is 0 Å². The van der Waals surface area contributed by atoms with E-state index in [-0.39, 0.29) is 11.3 Å². The molecule has 0 bridgehead atoms. The van der Waals surface area contributed by atoms with Crippen molar-refractivity contribution in [3.05, 3.63) is 33.2 Å². The Morgan fingerprint density at radius 1 is 1.42 bits per heavy atom. The van der Waals surface area contributed by atoms with Gasteiger partial charge in [0.25, 0.3) is 5.52 Å². The van der Waals surface area contributed by atoms with Crippen LogP contribution in [0.25, 0.3) is 16.7 Å². The zero-order valence-electron chi connectivity index (χ0n) is 9.13. The maximum Gasteiger partial charge on any atom is 0.387 e. The normalized spacial score (nSPS) is 11.6. The minimum absolute atomic E-state index is 0.0412. The van der Waals surface area contributed by atoms with E-state index >= 15 is 0 Å². The SMILES string of the molecule is [O-][n+]1nc2c(I)cnn2c2cc(OC(F)F)ccc21. The highest BCUT2D eigenvalue weighted by Gasteiger charge is 2.16. The first-order valence-corrected chi connectivity index (χ1v) is 6.16. The molecule has 98 valence electrons. The Kier molecular flexibility index (Phi) is 2.84. The van der Waals surface area contributed by atoms with Crippen LogP contribution in [0.1, 0.15) is 0 Å². The molecule has 0 fully saturated rings. The van der Waals surface area contributed by atoms with Crippen LogP contribution in [0.3, 0.4) is 0 Å². The molecule has 3 aromatic rings. The van der Waals surface area contributed by atoms with Crippen molar-refractivity contribution in [1.82, 2.24) is 14.7 Å². The molecule has 0 amide bonds. The van der Waals surface area contributed by atoms with Crippen molar-refractivity contribution in [1.29, 1.82) is 0 Å². The van der Waals surface area contributed by atoms with Gasteiger partial charge >= 0.3 is 6.61 Å². The summed E-state index contributed by atoms with van der Waals surface area (Å²) in [7, 11) is 0. The van der Waals surface area contributed by atoms with Crippen LogP contribution in [0.2, 0.25) is 0 Å². The Hall–Kier alpha value is -1.78. The molecule has 0 spiro atoms. The highest BCUT2D eigenvalue weighted by atomic mass is 127. The van der Waals surface area contributed by atoms with Crippen LogP contribution in [0, 0.1) is 8.78 Å². The fraction of sp³-hybridized carbons (Fsp3) is 0.100. The van der Waals surface area contributed by atoms with Crippen molar-refractivity contribution in [2.75, 3.05) is 0 Å². The fourth-order valence-corrected chi connectivity index (χ4v) is 2.20. The number of hydrogen-bond donors (Lipinski definition) is 0. The number of benzene rings is 1. The predicted octanol–water partition coefficient (Wildman–Crippen LogP) is 1.72. The molecule has 2 heterocycles. The Morgan fingerprint density at radius 3 is 2.95 bits per heavy atom. The van der Waals surface area contributed by atoms with Crippen molar-refractivity contribution in [2.45, 2.75) is 6.61 Å². The summed E-state index contributed by atoms with van der Waals surface area (Å²) in [5, 5.41) is 19.6. The van der Waals surface area contributed by atoms with Gasteiger partial charge in [0.05, 0.1) is 9.77 Å². The molecule has 0 saturated carbocycles. The molecule has 0 aliphatic rings. The Morgan fingerprint density at radius 2 is 2.21 bits per heavy atom. The van der Waals surface area contributed by atoms with E-state index in [1.165, 1.54) is 28.9 Å². The molecule has 0 aliphatic carbocycles. The summed E-state index contributed by atoms with van der Waals surface area (Å²) in [6.45, 7) is -2.92. The van der Waals surface area contributed by atoms with Crippen LogP contribution in [0.4, 0.5) is 8.78 Å². The van der Waals surface area contributed by atoms with Crippen LogP contribution in [-0.4, -0.2) is 21.3 Å². The van der Waals surface area contributed by atoms with Gasteiger partial charge in [0.2, 0.25) is 5.65 Å². The van der Waals surface area contributed by atoms with E-state index < -0.39 is 6.61 Å². The lowest BCUT2D eigenvalue weighted by molar-refractivity contribution is -0.640. The van der Waals surface area contributed by atoms with Gasteiger partial charge in [-0.15, -0.1) is 0 Å². The number of rotatable bonds is 2.